The van der Waals surface area contributed by atoms with Crippen molar-refractivity contribution in [1.82, 2.24) is 4.90 Å². The topological polar surface area (TPSA) is 92.9 Å². The van der Waals surface area contributed by atoms with Crippen LogP contribution in [0.4, 0.5) is 13.2 Å². The van der Waals surface area contributed by atoms with Gasteiger partial charge in [0, 0.05) is 25.4 Å². The molecule has 1 aliphatic heterocycles. The summed E-state index contributed by atoms with van der Waals surface area (Å²) in [4.78, 5) is 24.3. The summed E-state index contributed by atoms with van der Waals surface area (Å²) < 4.78 is 42.6. The lowest BCUT2D eigenvalue weighted by Crippen LogP contribution is -2.32. The summed E-state index contributed by atoms with van der Waals surface area (Å²) in [6, 6.07) is 4.48. The molecule has 138 valence electrons. The van der Waals surface area contributed by atoms with Crippen LogP contribution in [0.2, 0.25) is 0 Å². The molecule has 1 heterocycles. The molecule has 0 unspecified atom stereocenters. The molecule has 1 aromatic carbocycles. The zero-order chi connectivity index (χ0) is 18.6. The van der Waals surface area contributed by atoms with Crippen molar-refractivity contribution in [2.75, 3.05) is 19.7 Å². The number of β-amino-alcohol motifs (C(OH)–C–C–N with tert-alkyl or cyclic N) is 1. The first-order valence-corrected chi connectivity index (χ1v) is 7.65. The van der Waals surface area contributed by atoms with Gasteiger partial charge in [-0.2, -0.15) is 13.2 Å². The van der Waals surface area contributed by atoms with Gasteiger partial charge >= 0.3 is 6.18 Å². The van der Waals surface area contributed by atoms with E-state index in [1.807, 2.05) is 0 Å². The highest BCUT2D eigenvalue weighted by Crippen LogP contribution is 2.29. The highest BCUT2D eigenvalue weighted by atomic mass is 19.4. The van der Waals surface area contributed by atoms with Gasteiger partial charge in [0.05, 0.1) is 18.3 Å². The summed E-state index contributed by atoms with van der Waals surface area (Å²) in [5.74, 6) is -1.30. The number of halogens is 3. The highest BCUT2D eigenvalue weighted by molar-refractivity contribution is 5.78. The average molecular weight is 360 g/mol. The van der Waals surface area contributed by atoms with Gasteiger partial charge in [-0.3, -0.25) is 9.59 Å². The van der Waals surface area contributed by atoms with Crippen LogP contribution < -0.4 is 5.73 Å². The zero-order valence-corrected chi connectivity index (χ0v) is 13.3. The Morgan fingerprint density at radius 2 is 1.88 bits per heavy atom. The highest BCUT2D eigenvalue weighted by Gasteiger charge is 2.34. The fourth-order valence-electron chi connectivity index (χ4n) is 2.65. The molecule has 0 aromatic heterocycles. The van der Waals surface area contributed by atoms with E-state index in [4.69, 9.17) is 10.5 Å². The van der Waals surface area contributed by atoms with E-state index in [0.29, 0.717) is 5.56 Å². The van der Waals surface area contributed by atoms with Crippen LogP contribution in [0.5, 0.6) is 0 Å². The number of aliphatic hydroxyl groups is 1. The van der Waals surface area contributed by atoms with Gasteiger partial charge < -0.3 is 20.5 Å². The lowest BCUT2D eigenvalue weighted by molar-refractivity contribution is -0.137. The number of benzene rings is 1. The third-order valence-corrected chi connectivity index (χ3v) is 4.00. The number of carbonyl (C=O) groups is 2. The van der Waals surface area contributed by atoms with Crippen LogP contribution in [0.1, 0.15) is 17.5 Å². The normalized spacial score (nSPS) is 20.7. The van der Waals surface area contributed by atoms with Crippen LogP contribution >= 0.6 is 0 Å². The van der Waals surface area contributed by atoms with E-state index in [0.717, 1.165) is 12.1 Å². The summed E-state index contributed by atoms with van der Waals surface area (Å²) in [6.07, 6.45) is -5.21. The molecule has 0 spiro atoms. The Balaban J connectivity index is 1.78. The summed E-state index contributed by atoms with van der Waals surface area (Å²) >= 11 is 0. The monoisotopic (exact) mass is 360 g/mol. The fraction of sp³-hybridized carbons (Fsp3) is 0.500. The molecule has 9 heteroatoms. The van der Waals surface area contributed by atoms with Gasteiger partial charge in [0.2, 0.25) is 11.8 Å². The van der Waals surface area contributed by atoms with Crippen molar-refractivity contribution in [2.45, 2.75) is 25.3 Å². The molecule has 3 N–H and O–H groups in total. The summed E-state index contributed by atoms with van der Waals surface area (Å²) in [5, 5.41) is 9.82. The lowest BCUT2D eigenvalue weighted by Gasteiger charge is -2.16. The molecule has 6 nitrogen and oxygen atoms in total. The van der Waals surface area contributed by atoms with Crippen LogP contribution in [-0.4, -0.2) is 47.6 Å². The van der Waals surface area contributed by atoms with Crippen LogP contribution in [0.3, 0.4) is 0 Å². The van der Waals surface area contributed by atoms with E-state index in [2.05, 4.69) is 0 Å². The van der Waals surface area contributed by atoms with Crippen molar-refractivity contribution in [3.05, 3.63) is 35.4 Å². The van der Waals surface area contributed by atoms with Crippen molar-refractivity contribution >= 4 is 11.8 Å². The Bertz CT molecular complexity index is 619. The first-order valence-electron chi connectivity index (χ1n) is 7.65. The average Bonchev–Trinajstić information content (AvgIpc) is 2.87. The molecule has 2 amide bonds. The van der Waals surface area contributed by atoms with E-state index in [-0.39, 0.29) is 38.6 Å². The van der Waals surface area contributed by atoms with Gasteiger partial charge in [-0.05, 0) is 17.7 Å². The van der Waals surface area contributed by atoms with Crippen molar-refractivity contribution in [3.63, 3.8) is 0 Å². The first-order chi connectivity index (χ1) is 11.7. The van der Waals surface area contributed by atoms with Crippen molar-refractivity contribution in [3.8, 4) is 0 Å². The predicted octanol–water partition coefficient (Wildman–Crippen LogP) is 0.917. The van der Waals surface area contributed by atoms with Gasteiger partial charge in [-0.1, -0.05) is 12.1 Å². The fourth-order valence-corrected chi connectivity index (χ4v) is 2.65. The molecule has 0 bridgehead atoms. The molecule has 1 fully saturated rings. The van der Waals surface area contributed by atoms with Gasteiger partial charge in [0.25, 0.3) is 0 Å². The maximum atomic E-state index is 12.5. The van der Waals surface area contributed by atoms with Crippen LogP contribution in [0.15, 0.2) is 24.3 Å². The number of hydrogen-bond donors (Lipinski definition) is 2. The second-order valence-corrected chi connectivity index (χ2v) is 5.98. The van der Waals surface area contributed by atoms with Crippen molar-refractivity contribution < 1.29 is 32.6 Å². The van der Waals surface area contributed by atoms with E-state index >= 15 is 0 Å². The van der Waals surface area contributed by atoms with Crippen molar-refractivity contribution in [2.24, 2.45) is 11.7 Å². The predicted molar refractivity (Wildman–Crippen MR) is 81.0 cm³/mol. The molecule has 2 rings (SSSR count). The maximum absolute atomic E-state index is 12.5. The molecule has 0 radical (unpaired) electrons. The molecular weight excluding hydrogens is 341 g/mol. The third kappa shape index (κ3) is 5.43. The SMILES string of the molecule is NC(=O)C[C@@H]1CN(C(=O)COCc2ccc(C(F)(F)F)cc2)C[C@H]1O. The molecule has 1 saturated heterocycles. The Labute approximate surface area is 142 Å². The second kappa shape index (κ2) is 7.83. The maximum Gasteiger partial charge on any atom is 0.416 e. The third-order valence-electron chi connectivity index (χ3n) is 4.00. The number of amides is 2. The van der Waals surface area contributed by atoms with Crippen LogP contribution in [0, 0.1) is 5.92 Å². The number of likely N-dealkylation sites (tertiary alicyclic amines) is 1. The largest absolute Gasteiger partial charge is 0.416 e. The van der Waals surface area contributed by atoms with Crippen molar-refractivity contribution in [1.29, 1.82) is 0 Å². The summed E-state index contributed by atoms with van der Waals surface area (Å²) in [7, 11) is 0. The van der Waals surface area contributed by atoms with Gasteiger partial charge in [-0.25, -0.2) is 0 Å². The molecular formula is C16H19F3N2O4. The van der Waals surface area contributed by atoms with Gasteiger partial charge in [0.1, 0.15) is 6.61 Å². The van der Waals surface area contributed by atoms with E-state index in [1.165, 1.54) is 17.0 Å². The minimum Gasteiger partial charge on any atom is -0.391 e. The number of nitrogens with zero attached hydrogens (tertiary/aromatic N) is 1. The number of nitrogens with two attached hydrogens (primary N) is 1. The van der Waals surface area contributed by atoms with E-state index in [9.17, 15) is 27.9 Å². The Hall–Kier alpha value is -2.13. The Kier molecular flexibility index (Phi) is 6.02. The Morgan fingerprint density at radius 1 is 1.24 bits per heavy atom. The number of ether oxygens (including phenoxy) is 1. The Morgan fingerprint density at radius 3 is 2.44 bits per heavy atom. The number of hydrogen-bond acceptors (Lipinski definition) is 4. The molecule has 2 atom stereocenters. The first kappa shape index (κ1) is 19.2. The standard InChI is InChI=1S/C16H19F3N2O4/c17-16(18,19)12-3-1-10(2-4-12)8-25-9-15(24)21-6-11(5-14(20)23)13(22)7-21/h1-4,11,13,22H,5-9H2,(H2,20,23)/t11-,13-/m1/s1. The number of alkyl halides is 3. The number of primary amides is 1. The van der Waals surface area contributed by atoms with Crippen LogP contribution in [0.25, 0.3) is 0 Å². The quantitative estimate of drug-likeness (QED) is 0.789. The molecule has 25 heavy (non-hydrogen) atoms. The van der Waals surface area contributed by atoms with E-state index < -0.39 is 29.7 Å². The van der Waals surface area contributed by atoms with E-state index in [1.54, 1.807) is 0 Å². The summed E-state index contributed by atoms with van der Waals surface area (Å²) in [6.45, 7) is 0.0367. The minimum atomic E-state index is -4.40. The smallest absolute Gasteiger partial charge is 0.391 e. The number of carbonyl (C=O) groups excluding carboxylic acids is 2. The zero-order valence-electron chi connectivity index (χ0n) is 13.3. The van der Waals surface area contributed by atoms with Gasteiger partial charge in [-0.15, -0.1) is 0 Å². The van der Waals surface area contributed by atoms with Crippen LogP contribution in [-0.2, 0) is 27.1 Å². The summed E-state index contributed by atoms with van der Waals surface area (Å²) in [5.41, 5.74) is 4.85. The molecule has 1 aromatic rings. The number of aliphatic hydroxyl groups excluding tert-OH is 1. The molecule has 1 aliphatic rings. The lowest BCUT2D eigenvalue weighted by atomic mass is 10.0. The second-order valence-electron chi connectivity index (χ2n) is 5.98. The minimum absolute atomic E-state index is 0.00262. The van der Waals surface area contributed by atoms with Gasteiger partial charge in [0.15, 0.2) is 0 Å². The molecule has 0 saturated carbocycles. The number of rotatable bonds is 6. The molecule has 0 aliphatic carbocycles.